The molecule has 0 saturated carbocycles. The summed E-state index contributed by atoms with van der Waals surface area (Å²) in [5, 5.41) is 0. The Hall–Kier alpha value is -1.03. The van der Waals surface area contributed by atoms with Gasteiger partial charge in [0.25, 0.3) is 0 Å². The van der Waals surface area contributed by atoms with E-state index in [-0.39, 0.29) is 0 Å². The number of hydrogen-bond acceptors (Lipinski definition) is 4. The van der Waals surface area contributed by atoms with Gasteiger partial charge >= 0.3 is 0 Å². The molecule has 100 valence electrons. The topological polar surface area (TPSA) is 50.8 Å². The van der Waals surface area contributed by atoms with Crippen LogP contribution in [-0.2, 0) is 4.74 Å². The van der Waals surface area contributed by atoms with Crippen LogP contribution < -0.4 is 5.73 Å². The van der Waals surface area contributed by atoms with E-state index in [1.807, 2.05) is 0 Å². The third kappa shape index (κ3) is 2.39. The molecular formula is C14H23N3O. The summed E-state index contributed by atoms with van der Waals surface area (Å²) in [5.41, 5.74) is 6.06. The minimum absolute atomic E-state index is 0.360. The molecule has 0 bridgehead atoms. The monoisotopic (exact) mass is 249 g/mol. The van der Waals surface area contributed by atoms with E-state index in [0.717, 1.165) is 25.7 Å². The van der Waals surface area contributed by atoms with Gasteiger partial charge < -0.3 is 15.4 Å². The molecule has 1 saturated heterocycles. The van der Waals surface area contributed by atoms with Crippen LogP contribution in [0.5, 0.6) is 0 Å². The molecule has 18 heavy (non-hydrogen) atoms. The van der Waals surface area contributed by atoms with Gasteiger partial charge in [-0.25, -0.2) is 0 Å². The summed E-state index contributed by atoms with van der Waals surface area (Å²) in [6.07, 6.45) is 11.0. The Balaban J connectivity index is 1.64. The molecule has 3 rings (SSSR count). The fraction of sp³-hybridized carbons (Fsp3) is 0.786. The van der Waals surface area contributed by atoms with Crippen LogP contribution >= 0.6 is 0 Å². The SMILES string of the molecule is NC1=NCC(C2CC=CCC2)N1CC1CCCO1. The lowest BCUT2D eigenvalue weighted by molar-refractivity contribution is 0.0774. The molecule has 0 aromatic carbocycles. The molecule has 0 aromatic heterocycles. The molecule has 2 aliphatic heterocycles. The van der Waals surface area contributed by atoms with E-state index < -0.39 is 0 Å². The van der Waals surface area contributed by atoms with Crippen molar-refractivity contribution in [2.45, 2.75) is 44.2 Å². The standard InChI is InChI=1S/C14H23N3O/c15-14-16-9-13(11-5-2-1-3-6-11)17(14)10-12-7-4-8-18-12/h1-2,11-13H,3-10H2,(H2,15,16). The predicted molar refractivity (Wildman–Crippen MR) is 72.4 cm³/mol. The van der Waals surface area contributed by atoms with Crippen molar-refractivity contribution in [3.05, 3.63) is 12.2 Å². The van der Waals surface area contributed by atoms with Crippen molar-refractivity contribution in [1.82, 2.24) is 4.90 Å². The first-order chi connectivity index (χ1) is 8.84. The van der Waals surface area contributed by atoms with Crippen LogP contribution in [0, 0.1) is 5.92 Å². The Labute approximate surface area is 109 Å². The minimum atomic E-state index is 0.360. The number of ether oxygens (including phenoxy) is 1. The number of hydrogen-bond donors (Lipinski definition) is 1. The van der Waals surface area contributed by atoms with Gasteiger partial charge in [-0.3, -0.25) is 4.99 Å². The molecule has 4 nitrogen and oxygen atoms in total. The highest BCUT2D eigenvalue weighted by molar-refractivity contribution is 5.80. The summed E-state index contributed by atoms with van der Waals surface area (Å²) >= 11 is 0. The van der Waals surface area contributed by atoms with Crippen LogP contribution in [0.3, 0.4) is 0 Å². The molecule has 3 atom stereocenters. The van der Waals surface area contributed by atoms with Gasteiger partial charge in [-0.2, -0.15) is 0 Å². The summed E-state index contributed by atoms with van der Waals surface area (Å²) in [7, 11) is 0. The van der Waals surface area contributed by atoms with E-state index in [2.05, 4.69) is 22.0 Å². The Kier molecular flexibility index (Phi) is 3.55. The van der Waals surface area contributed by atoms with E-state index in [1.54, 1.807) is 0 Å². The molecule has 0 spiro atoms. The van der Waals surface area contributed by atoms with Crippen LogP contribution in [-0.4, -0.2) is 42.7 Å². The van der Waals surface area contributed by atoms with Crippen LogP contribution in [0.15, 0.2) is 17.1 Å². The number of rotatable bonds is 3. The molecule has 2 N–H and O–H groups in total. The Bertz CT molecular complexity index is 347. The molecule has 3 aliphatic rings. The first kappa shape index (κ1) is 12.0. The lowest BCUT2D eigenvalue weighted by Crippen LogP contribution is -2.48. The molecular weight excluding hydrogens is 226 g/mol. The fourth-order valence-corrected chi connectivity index (χ4v) is 3.35. The van der Waals surface area contributed by atoms with E-state index in [1.165, 1.54) is 32.1 Å². The second-order valence-electron chi connectivity index (χ2n) is 5.60. The van der Waals surface area contributed by atoms with E-state index >= 15 is 0 Å². The van der Waals surface area contributed by atoms with Crippen molar-refractivity contribution in [2.24, 2.45) is 16.6 Å². The lowest BCUT2D eigenvalue weighted by atomic mass is 9.87. The summed E-state index contributed by atoms with van der Waals surface area (Å²) in [5.74, 6) is 1.44. The third-order valence-corrected chi connectivity index (χ3v) is 4.41. The Morgan fingerprint density at radius 2 is 2.33 bits per heavy atom. The van der Waals surface area contributed by atoms with Gasteiger partial charge in [0, 0.05) is 13.2 Å². The highest BCUT2D eigenvalue weighted by atomic mass is 16.5. The molecule has 1 fully saturated rings. The van der Waals surface area contributed by atoms with Crippen LogP contribution in [0.4, 0.5) is 0 Å². The average molecular weight is 249 g/mol. The first-order valence-corrected chi connectivity index (χ1v) is 7.18. The van der Waals surface area contributed by atoms with Crippen LogP contribution in [0.2, 0.25) is 0 Å². The summed E-state index contributed by atoms with van der Waals surface area (Å²) in [6.45, 7) is 2.71. The van der Waals surface area contributed by atoms with Gasteiger partial charge in [0.2, 0.25) is 0 Å². The van der Waals surface area contributed by atoms with Crippen LogP contribution in [0.25, 0.3) is 0 Å². The van der Waals surface area contributed by atoms with E-state index in [0.29, 0.717) is 18.1 Å². The number of aliphatic imine (C=N–C) groups is 1. The molecule has 3 unspecified atom stereocenters. The number of nitrogens with zero attached hydrogens (tertiary/aromatic N) is 2. The average Bonchev–Trinajstić information content (AvgIpc) is 3.03. The third-order valence-electron chi connectivity index (χ3n) is 4.41. The van der Waals surface area contributed by atoms with Crippen molar-refractivity contribution >= 4 is 5.96 Å². The maximum Gasteiger partial charge on any atom is 0.191 e. The fourth-order valence-electron chi connectivity index (χ4n) is 3.35. The molecule has 0 aromatic rings. The van der Waals surface area contributed by atoms with Crippen molar-refractivity contribution < 1.29 is 4.74 Å². The van der Waals surface area contributed by atoms with Crippen molar-refractivity contribution in [3.63, 3.8) is 0 Å². The van der Waals surface area contributed by atoms with Crippen molar-refractivity contribution in [1.29, 1.82) is 0 Å². The first-order valence-electron chi connectivity index (χ1n) is 7.18. The lowest BCUT2D eigenvalue weighted by Gasteiger charge is -2.34. The highest BCUT2D eigenvalue weighted by Crippen LogP contribution is 2.28. The summed E-state index contributed by atoms with van der Waals surface area (Å²) in [6, 6.07) is 0.499. The zero-order chi connectivity index (χ0) is 12.4. The second-order valence-corrected chi connectivity index (χ2v) is 5.60. The zero-order valence-corrected chi connectivity index (χ0v) is 10.9. The van der Waals surface area contributed by atoms with Gasteiger partial charge in [0.15, 0.2) is 5.96 Å². The van der Waals surface area contributed by atoms with Crippen molar-refractivity contribution in [3.8, 4) is 0 Å². The maximum absolute atomic E-state index is 6.06. The predicted octanol–water partition coefficient (Wildman–Crippen LogP) is 1.52. The minimum Gasteiger partial charge on any atom is -0.376 e. The Morgan fingerprint density at radius 3 is 3.06 bits per heavy atom. The van der Waals surface area contributed by atoms with Gasteiger partial charge in [0.1, 0.15) is 0 Å². The number of allylic oxidation sites excluding steroid dienone is 2. The molecule has 0 radical (unpaired) electrons. The number of guanidine groups is 1. The maximum atomic E-state index is 6.06. The van der Waals surface area contributed by atoms with E-state index in [9.17, 15) is 0 Å². The number of nitrogens with two attached hydrogens (primary N) is 1. The zero-order valence-electron chi connectivity index (χ0n) is 10.9. The van der Waals surface area contributed by atoms with Gasteiger partial charge in [-0.1, -0.05) is 12.2 Å². The van der Waals surface area contributed by atoms with Gasteiger partial charge in [0.05, 0.1) is 18.7 Å². The quantitative estimate of drug-likeness (QED) is 0.772. The van der Waals surface area contributed by atoms with Crippen LogP contribution in [0.1, 0.15) is 32.1 Å². The van der Waals surface area contributed by atoms with Gasteiger partial charge in [-0.05, 0) is 38.0 Å². The summed E-state index contributed by atoms with van der Waals surface area (Å²) in [4.78, 5) is 6.76. The molecule has 1 aliphatic carbocycles. The van der Waals surface area contributed by atoms with Crippen molar-refractivity contribution in [2.75, 3.05) is 19.7 Å². The highest BCUT2D eigenvalue weighted by Gasteiger charge is 2.34. The molecule has 0 amide bonds. The largest absolute Gasteiger partial charge is 0.376 e. The second kappa shape index (κ2) is 5.31. The Morgan fingerprint density at radius 1 is 1.39 bits per heavy atom. The van der Waals surface area contributed by atoms with Gasteiger partial charge in [-0.15, -0.1) is 0 Å². The molecule has 4 heteroatoms. The summed E-state index contributed by atoms with van der Waals surface area (Å²) < 4.78 is 5.73. The molecule has 2 heterocycles. The smallest absolute Gasteiger partial charge is 0.191 e. The normalized spacial score (nSPS) is 36.1. The van der Waals surface area contributed by atoms with E-state index in [4.69, 9.17) is 10.5 Å².